The Kier molecular flexibility index (Phi) is 10.8. The zero-order valence-corrected chi connectivity index (χ0v) is 34.1. The fourth-order valence-corrected chi connectivity index (χ4v) is 8.50. The number of hydrogen-bond acceptors (Lipinski definition) is 12. The molecule has 0 saturated carbocycles. The number of anilines is 2. The molecule has 0 aliphatic carbocycles. The third kappa shape index (κ3) is 7.97. The summed E-state index contributed by atoms with van der Waals surface area (Å²) in [6.07, 6.45) is 7.04. The lowest BCUT2D eigenvalue weighted by molar-refractivity contribution is -0.132. The number of ether oxygens (including phenoxy) is 2. The van der Waals surface area contributed by atoms with Crippen molar-refractivity contribution in [2.75, 3.05) is 43.8 Å². The molecule has 2 saturated heterocycles. The van der Waals surface area contributed by atoms with E-state index in [2.05, 4.69) is 20.6 Å². The van der Waals surface area contributed by atoms with E-state index in [4.69, 9.17) is 35.4 Å². The van der Waals surface area contributed by atoms with Gasteiger partial charge in [0, 0.05) is 43.7 Å². The second kappa shape index (κ2) is 17.3. The van der Waals surface area contributed by atoms with Gasteiger partial charge in [-0.1, -0.05) is 36.4 Å². The Hall–Kier alpha value is -7.39. The molecule has 2 aliphatic rings. The summed E-state index contributed by atoms with van der Waals surface area (Å²) in [7, 11) is 0. The highest BCUT2D eigenvalue weighted by molar-refractivity contribution is 6.00. The Bertz CT molecular complexity index is 2810. The van der Waals surface area contributed by atoms with Crippen LogP contribution in [0.2, 0.25) is 0 Å². The number of nitrogens with zero attached hydrogens (tertiary/aromatic N) is 9. The average Bonchev–Trinajstić information content (AvgIpc) is 3.92. The number of fused-ring (bicyclic) bond motifs is 2. The molecule has 4 N–H and O–H groups in total. The molecule has 0 radical (unpaired) electrons. The average molecular weight is 827 g/mol. The van der Waals surface area contributed by atoms with Crippen molar-refractivity contribution in [1.82, 2.24) is 49.7 Å². The highest BCUT2D eigenvalue weighted by Gasteiger charge is 2.29. The molecule has 62 heavy (non-hydrogen) atoms. The molecule has 2 aliphatic heterocycles. The minimum Gasteiger partial charge on any atom is -0.457 e. The first kappa shape index (κ1) is 38.8. The predicted octanol–water partition coefficient (Wildman–Crippen LogP) is 8.06. The maximum Gasteiger partial charge on any atom is 0.224 e. The summed E-state index contributed by atoms with van der Waals surface area (Å²) in [5.74, 6) is 4.01. The monoisotopic (exact) mass is 826 g/mol. The number of piperidine rings is 2. The number of para-hydroxylation sites is 2. The minimum atomic E-state index is -0.0967. The van der Waals surface area contributed by atoms with E-state index in [1.54, 1.807) is 6.33 Å². The van der Waals surface area contributed by atoms with Gasteiger partial charge in [-0.3, -0.25) is 4.79 Å². The Morgan fingerprint density at radius 1 is 0.677 bits per heavy atom. The van der Waals surface area contributed by atoms with Crippen molar-refractivity contribution >= 4 is 39.6 Å². The maximum absolute atomic E-state index is 13.9. The van der Waals surface area contributed by atoms with Crippen molar-refractivity contribution in [1.29, 1.82) is 0 Å². The first-order valence-corrected chi connectivity index (χ1v) is 21.2. The molecule has 4 aromatic heterocycles. The summed E-state index contributed by atoms with van der Waals surface area (Å²) >= 11 is 0. The molecule has 2 fully saturated rings. The number of likely N-dealkylation sites (tertiary alicyclic amines) is 1. The SMILES string of the molecule is Nc1ncnc2c1c(-c1ccc(Oc3ccccc3)cc1)nn2[C@@H]1CCCN(C(=O)CCNc2ncnc3c2c(-c2ccc(Oc4ccccc4)cc2)nn3[C@H]2CCCNC2)C1. The third-order valence-corrected chi connectivity index (χ3v) is 11.6. The van der Waals surface area contributed by atoms with Gasteiger partial charge < -0.3 is 30.7 Å². The van der Waals surface area contributed by atoms with Crippen LogP contribution in [-0.4, -0.2) is 83.0 Å². The molecule has 1 amide bonds. The van der Waals surface area contributed by atoms with Gasteiger partial charge in [-0.15, -0.1) is 0 Å². The van der Waals surface area contributed by atoms with E-state index in [0.29, 0.717) is 53.7 Å². The van der Waals surface area contributed by atoms with Gasteiger partial charge in [0.2, 0.25) is 5.91 Å². The topological polar surface area (TPSA) is 176 Å². The van der Waals surface area contributed by atoms with Crippen LogP contribution >= 0.6 is 0 Å². The first-order chi connectivity index (χ1) is 30.6. The van der Waals surface area contributed by atoms with Gasteiger partial charge in [0.25, 0.3) is 0 Å². The van der Waals surface area contributed by atoms with Gasteiger partial charge in [0.05, 0.1) is 22.9 Å². The molecule has 0 spiro atoms. The molecule has 10 rings (SSSR count). The van der Waals surface area contributed by atoms with E-state index >= 15 is 0 Å². The zero-order chi connectivity index (χ0) is 41.8. The third-order valence-electron chi connectivity index (χ3n) is 11.6. The lowest BCUT2D eigenvalue weighted by Gasteiger charge is -2.33. The van der Waals surface area contributed by atoms with Gasteiger partial charge in [-0.2, -0.15) is 10.2 Å². The van der Waals surface area contributed by atoms with Gasteiger partial charge in [-0.25, -0.2) is 29.3 Å². The van der Waals surface area contributed by atoms with Crippen LogP contribution in [0.3, 0.4) is 0 Å². The molecular formula is C47H46N12O3. The van der Waals surface area contributed by atoms with E-state index in [1.165, 1.54) is 6.33 Å². The number of carbonyl (C=O) groups excluding carboxylic acids is 1. The zero-order valence-electron chi connectivity index (χ0n) is 34.1. The lowest BCUT2D eigenvalue weighted by Crippen LogP contribution is -2.41. The van der Waals surface area contributed by atoms with Crippen molar-refractivity contribution in [2.45, 2.75) is 44.2 Å². The van der Waals surface area contributed by atoms with E-state index in [1.807, 2.05) is 123 Å². The number of nitrogens with two attached hydrogens (primary N) is 1. The molecule has 4 aromatic carbocycles. The summed E-state index contributed by atoms with van der Waals surface area (Å²) < 4.78 is 16.1. The first-order valence-electron chi connectivity index (χ1n) is 21.2. The van der Waals surface area contributed by atoms with Crippen LogP contribution in [-0.2, 0) is 4.79 Å². The highest BCUT2D eigenvalue weighted by atomic mass is 16.5. The van der Waals surface area contributed by atoms with Gasteiger partial charge in [0.15, 0.2) is 11.3 Å². The van der Waals surface area contributed by atoms with Gasteiger partial charge in [-0.05, 0) is 105 Å². The normalized spacial score (nSPS) is 16.7. The van der Waals surface area contributed by atoms with E-state index in [-0.39, 0.29) is 24.4 Å². The number of nitrogens with one attached hydrogen (secondary N) is 2. The molecule has 312 valence electrons. The lowest BCUT2D eigenvalue weighted by atomic mass is 10.1. The van der Waals surface area contributed by atoms with Crippen LogP contribution in [0.4, 0.5) is 11.6 Å². The smallest absolute Gasteiger partial charge is 0.224 e. The fourth-order valence-electron chi connectivity index (χ4n) is 8.50. The van der Waals surface area contributed by atoms with Crippen LogP contribution < -0.4 is 25.8 Å². The summed E-state index contributed by atoms with van der Waals surface area (Å²) in [6, 6.07) is 35.1. The van der Waals surface area contributed by atoms with Crippen LogP contribution in [0, 0.1) is 0 Å². The van der Waals surface area contributed by atoms with Gasteiger partial charge >= 0.3 is 0 Å². The van der Waals surface area contributed by atoms with Crippen LogP contribution in [0.5, 0.6) is 23.0 Å². The molecule has 15 heteroatoms. The summed E-state index contributed by atoms with van der Waals surface area (Å²) in [5, 5.41) is 18.8. The minimum absolute atomic E-state index is 0.0468. The number of carbonyl (C=O) groups is 1. The fraction of sp³-hybridized carbons (Fsp3) is 0.255. The van der Waals surface area contributed by atoms with Crippen LogP contribution in [0.25, 0.3) is 44.6 Å². The molecule has 15 nitrogen and oxygen atoms in total. The highest BCUT2D eigenvalue weighted by Crippen LogP contribution is 2.37. The molecular weight excluding hydrogens is 781 g/mol. The van der Waals surface area contributed by atoms with E-state index in [9.17, 15) is 4.79 Å². The van der Waals surface area contributed by atoms with Crippen molar-refractivity contribution in [2.24, 2.45) is 0 Å². The second-order valence-electron chi connectivity index (χ2n) is 15.7. The summed E-state index contributed by atoms with van der Waals surface area (Å²) in [4.78, 5) is 34.2. The predicted molar refractivity (Wildman–Crippen MR) is 238 cm³/mol. The largest absolute Gasteiger partial charge is 0.457 e. The number of aromatic nitrogens is 8. The Balaban J connectivity index is 0.856. The van der Waals surface area contributed by atoms with Crippen molar-refractivity contribution in [3.05, 3.63) is 122 Å². The Morgan fingerprint density at radius 3 is 1.87 bits per heavy atom. The van der Waals surface area contributed by atoms with Crippen LogP contribution in [0.1, 0.15) is 44.2 Å². The standard InChI is InChI=1S/C47H46N12O3/c48-44-40-42(31-15-19-37(20-16-31)61-35-11-3-1-4-12-35)55-59(46(40)53-29-51-44)34-10-8-26-57(28-34)39(60)23-25-50-45-41-43(32-17-21-38(22-18-32)62-36-13-5-2-6-14-36)56-58(47(41)54-30-52-45)33-9-7-24-49-27-33/h1-6,11-22,29-30,33-34,49H,7-10,23-28H2,(H2,48,51,53)(H,50,52,54)/t33-,34+/m0/s1. The molecule has 8 aromatic rings. The van der Waals surface area contributed by atoms with E-state index in [0.717, 1.165) is 83.9 Å². The van der Waals surface area contributed by atoms with Crippen molar-refractivity contribution in [3.63, 3.8) is 0 Å². The summed E-state index contributed by atoms with van der Waals surface area (Å²) in [6.45, 7) is 3.34. The number of nitrogen functional groups attached to an aromatic ring is 1. The molecule has 6 heterocycles. The second-order valence-corrected chi connectivity index (χ2v) is 15.7. The molecule has 0 unspecified atom stereocenters. The Labute approximate surface area is 357 Å². The van der Waals surface area contributed by atoms with Crippen molar-refractivity contribution in [3.8, 4) is 45.5 Å². The van der Waals surface area contributed by atoms with Crippen LogP contribution in [0.15, 0.2) is 122 Å². The van der Waals surface area contributed by atoms with E-state index < -0.39 is 0 Å². The van der Waals surface area contributed by atoms with Crippen molar-refractivity contribution < 1.29 is 14.3 Å². The Morgan fingerprint density at radius 2 is 1.24 bits per heavy atom. The molecule has 2 atom stereocenters. The molecule has 0 bridgehead atoms. The number of amides is 1. The maximum atomic E-state index is 13.9. The number of benzene rings is 4. The van der Waals surface area contributed by atoms with Gasteiger partial charge in [0.1, 0.15) is 58.7 Å². The number of hydrogen-bond donors (Lipinski definition) is 3. The quantitative estimate of drug-likeness (QED) is 0.108. The summed E-state index contributed by atoms with van der Waals surface area (Å²) in [5.41, 5.74) is 11.1. The number of rotatable bonds is 12.